The molecule has 2 aromatic carbocycles. The van der Waals surface area contributed by atoms with Gasteiger partial charge in [0, 0.05) is 11.6 Å². The molecule has 2 aliphatic rings. The maximum atomic E-state index is 15.0. The zero-order valence-corrected chi connectivity index (χ0v) is 20.5. The molecule has 186 valence electrons. The van der Waals surface area contributed by atoms with E-state index in [1.165, 1.54) is 6.07 Å². The number of nitrogens with one attached hydrogen (secondary N) is 1. The first kappa shape index (κ1) is 23.2. The number of halogens is 1. The molecule has 0 unspecified atom stereocenters. The number of aliphatic hydroxyl groups excluding tert-OH is 1. The van der Waals surface area contributed by atoms with Gasteiger partial charge in [0.25, 0.3) is 6.01 Å². The summed E-state index contributed by atoms with van der Waals surface area (Å²) in [5, 5.41) is 9.90. The Labute approximate surface area is 209 Å². The fourth-order valence-electron chi connectivity index (χ4n) is 4.59. The molecular weight excluding hydrogens is 483 g/mol. The molecule has 2 saturated heterocycles. The lowest BCUT2D eigenvalue weighted by Gasteiger charge is -2.15. The highest BCUT2D eigenvalue weighted by molar-refractivity contribution is 7.85. The summed E-state index contributed by atoms with van der Waals surface area (Å²) in [4.78, 5) is 11.8. The predicted molar refractivity (Wildman–Crippen MR) is 136 cm³/mol. The van der Waals surface area contributed by atoms with Gasteiger partial charge in [-0.15, -0.1) is 10.7 Å². The molecule has 0 saturated carbocycles. The number of imidazole rings is 1. The number of aliphatic hydroxyl groups is 1. The van der Waals surface area contributed by atoms with Crippen LogP contribution in [0.3, 0.4) is 0 Å². The van der Waals surface area contributed by atoms with Crippen LogP contribution in [0, 0.1) is 5.82 Å². The maximum absolute atomic E-state index is 15.0. The number of H-pyrrole nitrogens is 1. The molecular formula is C26H25FN4O4S. The van der Waals surface area contributed by atoms with Crippen molar-refractivity contribution in [3.05, 3.63) is 60.4 Å². The first-order valence-electron chi connectivity index (χ1n) is 11.6. The lowest BCUT2D eigenvalue weighted by Crippen LogP contribution is -2.34. The Morgan fingerprint density at radius 3 is 2.36 bits per heavy atom. The Bertz CT molecular complexity index is 1440. The summed E-state index contributed by atoms with van der Waals surface area (Å²) in [6.07, 6.45) is 2.29. The molecule has 8 nitrogen and oxygen atoms in total. The second-order valence-electron chi connectivity index (χ2n) is 9.04. The van der Waals surface area contributed by atoms with Crippen molar-refractivity contribution in [1.82, 2.24) is 15.0 Å². The second kappa shape index (κ2) is 9.36. The predicted octanol–water partition coefficient (Wildman–Crippen LogP) is 4.03. The van der Waals surface area contributed by atoms with E-state index in [2.05, 4.69) is 31.8 Å². The third kappa shape index (κ3) is 4.41. The summed E-state index contributed by atoms with van der Waals surface area (Å²) in [5.74, 6) is -0.461. The van der Waals surface area contributed by atoms with Crippen LogP contribution >= 0.6 is 0 Å². The van der Waals surface area contributed by atoms with Crippen LogP contribution in [-0.2, 0) is 20.2 Å². The molecule has 0 spiro atoms. The SMILES string of the molecule is CS(C)=Nc1ccc(-c2ccc(-c3nc4nc(O[C@@H]5CO[C@H]6[C@@H]5OC[C@H]6O)[nH]c4cc3F)cc2)cc1. The Balaban J connectivity index is 1.22. The van der Waals surface area contributed by atoms with Crippen molar-refractivity contribution in [2.75, 3.05) is 25.7 Å². The molecule has 4 heterocycles. The highest BCUT2D eigenvalue weighted by atomic mass is 32.2. The van der Waals surface area contributed by atoms with Gasteiger partial charge < -0.3 is 24.3 Å². The molecule has 2 N–H and O–H groups in total. The zero-order chi connectivity index (χ0) is 24.8. The van der Waals surface area contributed by atoms with Crippen LogP contribution in [0.25, 0.3) is 33.5 Å². The van der Waals surface area contributed by atoms with Crippen LogP contribution in [0.15, 0.2) is 59.0 Å². The van der Waals surface area contributed by atoms with Crippen molar-refractivity contribution < 1.29 is 23.7 Å². The van der Waals surface area contributed by atoms with Crippen LogP contribution in [0.5, 0.6) is 6.01 Å². The molecule has 2 aliphatic heterocycles. The van der Waals surface area contributed by atoms with E-state index in [-0.39, 0.29) is 41.7 Å². The number of hydrogen-bond acceptors (Lipinski definition) is 7. The van der Waals surface area contributed by atoms with Crippen LogP contribution < -0.4 is 4.74 Å². The van der Waals surface area contributed by atoms with Gasteiger partial charge in [0.05, 0.1) is 24.4 Å². The van der Waals surface area contributed by atoms with Crippen LogP contribution in [0.2, 0.25) is 0 Å². The average molecular weight is 509 g/mol. The summed E-state index contributed by atoms with van der Waals surface area (Å²) in [6.45, 7) is 0.488. The van der Waals surface area contributed by atoms with Crippen LogP contribution in [0.4, 0.5) is 10.1 Å². The molecule has 0 amide bonds. The van der Waals surface area contributed by atoms with Crippen LogP contribution in [0.1, 0.15) is 0 Å². The van der Waals surface area contributed by atoms with Crippen molar-refractivity contribution in [2.45, 2.75) is 24.4 Å². The third-order valence-electron chi connectivity index (χ3n) is 6.30. The fourth-order valence-corrected chi connectivity index (χ4v) is 5.13. The number of ether oxygens (including phenoxy) is 3. The smallest absolute Gasteiger partial charge is 0.296 e. The van der Waals surface area contributed by atoms with E-state index in [4.69, 9.17) is 14.2 Å². The van der Waals surface area contributed by atoms with Gasteiger partial charge in [0.2, 0.25) is 0 Å². The maximum Gasteiger partial charge on any atom is 0.296 e. The third-order valence-corrected chi connectivity index (χ3v) is 6.87. The minimum Gasteiger partial charge on any atom is -0.456 e. The zero-order valence-electron chi connectivity index (χ0n) is 19.7. The Morgan fingerprint density at radius 2 is 1.64 bits per heavy atom. The van der Waals surface area contributed by atoms with E-state index in [1.807, 2.05) is 48.5 Å². The van der Waals surface area contributed by atoms with Gasteiger partial charge >= 0.3 is 0 Å². The number of aromatic amines is 1. The Kier molecular flexibility index (Phi) is 6.04. The molecule has 0 aliphatic carbocycles. The van der Waals surface area contributed by atoms with Gasteiger partial charge in [0.1, 0.15) is 24.0 Å². The lowest BCUT2D eigenvalue weighted by molar-refractivity contribution is 0.00706. The van der Waals surface area contributed by atoms with E-state index in [1.54, 1.807) is 0 Å². The molecule has 0 bridgehead atoms. The van der Waals surface area contributed by atoms with E-state index in [0.29, 0.717) is 16.7 Å². The second-order valence-corrected chi connectivity index (χ2v) is 10.8. The Morgan fingerprint density at radius 1 is 0.972 bits per heavy atom. The standard InChI is InChI=1S/C26H25FN4O4S/c1-36(2)31-17-9-7-15(8-10-17)14-3-5-16(6-4-14)22-18(27)11-19-25(29-22)30-26(28-19)35-21-13-34-23-20(32)12-33-24(21)23/h3-11,20-21,23-24,32H,12-13H2,1-2H3,(H,28,29,30)/t20-,21-,23-,24-/m1/s1. The van der Waals surface area contributed by atoms with Gasteiger partial charge in [-0.05, 0) is 35.8 Å². The fraction of sp³-hybridized carbons (Fsp3) is 0.308. The summed E-state index contributed by atoms with van der Waals surface area (Å²) in [7, 11) is -0.00996. The van der Waals surface area contributed by atoms with Crippen molar-refractivity contribution in [1.29, 1.82) is 0 Å². The molecule has 6 rings (SSSR count). The number of pyridine rings is 1. The first-order valence-corrected chi connectivity index (χ1v) is 13.6. The number of nitrogens with zero attached hydrogens (tertiary/aromatic N) is 3. The van der Waals surface area contributed by atoms with Crippen molar-refractivity contribution >= 4 is 27.5 Å². The molecule has 4 aromatic rings. The van der Waals surface area contributed by atoms with Crippen molar-refractivity contribution in [2.24, 2.45) is 4.36 Å². The largest absolute Gasteiger partial charge is 0.456 e. The quantitative estimate of drug-likeness (QED) is 0.422. The number of rotatable bonds is 5. The summed E-state index contributed by atoms with van der Waals surface area (Å²) in [6, 6.07) is 17.2. The monoisotopic (exact) mass is 508 g/mol. The summed E-state index contributed by atoms with van der Waals surface area (Å²) in [5.41, 5.74) is 4.67. The number of benzene rings is 2. The van der Waals surface area contributed by atoms with E-state index >= 15 is 0 Å². The van der Waals surface area contributed by atoms with Gasteiger partial charge in [0.15, 0.2) is 17.6 Å². The molecule has 2 aromatic heterocycles. The van der Waals surface area contributed by atoms with Crippen molar-refractivity contribution in [3.63, 3.8) is 0 Å². The van der Waals surface area contributed by atoms with E-state index in [9.17, 15) is 9.50 Å². The highest BCUT2D eigenvalue weighted by Gasteiger charge is 2.48. The first-order chi connectivity index (χ1) is 17.4. The molecule has 2 fully saturated rings. The highest BCUT2D eigenvalue weighted by Crippen LogP contribution is 2.31. The van der Waals surface area contributed by atoms with Gasteiger partial charge in [-0.1, -0.05) is 36.4 Å². The number of fused-ring (bicyclic) bond motifs is 2. The lowest BCUT2D eigenvalue weighted by atomic mass is 10.0. The van der Waals surface area contributed by atoms with Crippen molar-refractivity contribution in [3.8, 4) is 28.4 Å². The molecule has 36 heavy (non-hydrogen) atoms. The molecule has 4 atom stereocenters. The average Bonchev–Trinajstić information content (AvgIpc) is 3.55. The number of hydrogen-bond donors (Lipinski definition) is 2. The van der Waals surface area contributed by atoms with E-state index < -0.39 is 24.1 Å². The summed E-state index contributed by atoms with van der Waals surface area (Å²) >= 11 is 0. The van der Waals surface area contributed by atoms with Gasteiger partial charge in [-0.3, -0.25) is 0 Å². The van der Waals surface area contributed by atoms with Gasteiger partial charge in [-0.25, -0.2) is 13.7 Å². The minimum atomic E-state index is -0.663. The topological polar surface area (TPSA) is 102 Å². The normalized spacial score (nSPS) is 23.4. The van der Waals surface area contributed by atoms with E-state index in [0.717, 1.165) is 16.8 Å². The molecule has 10 heteroatoms. The van der Waals surface area contributed by atoms with Crippen LogP contribution in [-0.4, -0.2) is 70.2 Å². The Hall–Kier alpha value is -3.18. The minimum absolute atomic E-state index is 0.00996. The summed E-state index contributed by atoms with van der Waals surface area (Å²) < 4.78 is 36.6. The molecule has 0 radical (unpaired) electrons. The number of aromatic nitrogens is 3. The van der Waals surface area contributed by atoms with Gasteiger partial charge in [-0.2, -0.15) is 4.98 Å².